The molecule has 2 heterocycles. The van der Waals surface area contributed by atoms with Gasteiger partial charge in [-0.15, -0.1) is 0 Å². The fourth-order valence-corrected chi connectivity index (χ4v) is 3.55. The Morgan fingerprint density at radius 1 is 1.33 bits per heavy atom. The van der Waals surface area contributed by atoms with Crippen LogP contribution in [0, 0.1) is 6.92 Å². The van der Waals surface area contributed by atoms with E-state index in [1.165, 1.54) is 17.3 Å². The number of aryl methyl sites for hydroxylation is 1. The van der Waals surface area contributed by atoms with Crippen LogP contribution in [0.4, 0.5) is 0 Å². The zero-order chi connectivity index (χ0) is 19.4. The average Bonchev–Trinajstić information content (AvgIpc) is 2.63. The molecule has 1 N–H and O–H groups in total. The molecule has 1 aromatic heterocycles. The van der Waals surface area contributed by atoms with E-state index in [-0.39, 0.29) is 23.6 Å². The van der Waals surface area contributed by atoms with Gasteiger partial charge in [0, 0.05) is 31.6 Å². The maximum Gasteiger partial charge on any atom is 0.271 e. The van der Waals surface area contributed by atoms with Crippen molar-refractivity contribution in [1.29, 1.82) is 0 Å². The summed E-state index contributed by atoms with van der Waals surface area (Å²) in [4.78, 5) is 23.6. The van der Waals surface area contributed by atoms with Gasteiger partial charge in [-0.3, -0.25) is 9.69 Å². The van der Waals surface area contributed by atoms with Gasteiger partial charge in [0.15, 0.2) is 0 Å². The molecule has 1 aliphatic heterocycles. The number of piperidine rings is 1. The molecule has 1 fully saturated rings. The summed E-state index contributed by atoms with van der Waals surface area (Å²) >= 11 is 6.15. The molecule has 1 amide bonds. The highest BCUT2D eigenvalue weighted by Crippen LogP contribution is 2.18. The maximum atomic E-state index is 12.6. The van der Waals surface area contributed by atoms with Crippen LogP contribution in [-0.2, 0) is 6.54 Å². The summed E-state index contributed by atoms with van der Waals surface area (Å²) in [7, 11) is 0. The summed E-state index contributed by atoms with van der Waals surface area (Å²) in [5, 5.41) is 3.40. The number of likely N-dealkylation sites (tertiary alicyclic amines) is 1. The predicted octanol–water partition coefficient (Wildman–Crippen LogP) is 3.96. The highest BCUT2D eigenvalue weighted by atomic mass is 35.5. The van der Waals surface area contributed by atoms with E-state index in [0.29, 0.717) is 10.8 Å². The topological polar surface area (TPSA) is 58.1 Å². The van der Waals surface area contributed by atoms with Crippen LogP contribution in [0.5, 0.6) is 0 Å². The highest BCUT2D eigenvalue weighted by molar-refractivity contribution is 6.33. The third kappa shape index (κ3) is 5.27. The zero-order valence-corrected chi connectivity index (χ0v) is 17.0. The van der Waals surface area contributed by atoms with Crippen LogP contribution in [0.3, 0.4) is 0 Å². The minimum absolute atomic E-state index is 0.152. The number of carbonyl (C=O) groups excluding carboxylic acids is 1. The number of aromatic nitrogens is 2. The summed E-state index contributed by atoms with van der Waals surface area (Å²) in [6.07, 6.45) is 3.37. The average molecular weight is 387 g/mol. The minimum Gasteiger partial charge on any atom is -0.348 e. The number of rotatable bonds is 5. The Kier molecular flexibility index (Phi) is 6.45. The Hall–Kier alpha value is -1.98. The molecule has 1 aromatic carbocycles. The quantitative estimate of drug-likeness (QED) is 0.845. The van der Waals surface area contributed by atoms with Gasteiger partial charge in [-0.2, -0.15) is 0 Å². The van der Waals surface area contributed by atoms with Crippen LogP contribution in [0.25, 0.3) is 0 Å². The Balaban J connectivity index is 1.54. The second-order valence-corrected chi connectivity index (χ2v) is 8.00. The van der Waals surface area contributed by atoms with Crippen LogP contribution in [0.1, 0.15) is 60.0 Å². The van der Waals surface area contributed by atoms with Gasteiger partial charge in [-0.05, 0) is 25.3 Å². The van der Waals surface area contributed by atoms with Crippen molar-refractivity contribution in [3.63, 3.8) is 0 Å². The van der Waals surface area contributed by atoms with E-state index in [9.17, 15) is 4.79 Å². The van der Waals surface area contributed by atoms with Gasteiger partial charge in [0.25, 0.3) is 5.91 Å². The molecule has 5 nitrogen and oxygen atoms in total. The fraction of sp³-hybridized carbons (Fsp3) is 0.476. The number of hydrogen-bond acceptors (Lipinski definition) is 4. The van der Waals surface area contributed by atoms with Crippen LogP contribution in [0.2, 0.25) is 5.02 Å². The molecule has 144 valence electrons. The van der Waals surface area contributed by atoms with Crippen molar-refractivity contribution in [2.75, 3.05) is 13.1 Å². The first-order valence-corrected chi connectivity index (χ1v) is 9.91. The van der Waals surface area contributed by atoms with Crippen molar-refractivity contribution in [2.45, 2.75) is 52.1 Å². The molecule has 0 aliphatic carbocycles. The van der Waals surface area contributed by atoms with Crippen molar-refractivity contribution >= 4 is 17.5 Å². The number of amides is 1. The Morgan fingerprint density at radius 3 is 2.74 bits per heavy atom. The van der Waals surface area contributed by atoms with Gasteiger partial charge in [0.05, 0.1) is 11.2 Å². The van der Waals surface area contributed by atoms with Crippen molar-refractivity contribution in [2.24, 2.45) is 0 Å². The summed E-state index contributed by atoms with van der Waals surface area (Å²) < 4.78 is 0. The summed E-state index contributed by atoms with van der Waals surface area (Å²) in [5.74, 6) is 0.581. The first-order chi connectivity index (χ1) is 12.9. The van der Waals surface area contributed by atoms with Gasteiger partial charge in [-0.1, -0.05) is 55.3 Å². The molecule has 1 aliphatic rings. The third-order valence-corrected chi connectivity index (χ3v) is 5.18. The molecule has 0 bridgehead atoms. The minimum atomic E-state index is -0.207. The van der Waals surface area contributed by atoms with E-state index in [0.717, 1.165) is 32.5 Å². The Bertz CT molecular complexity index is 801. The van der Waals surface area contributed by atoms with E-state index in [2.05, 4.69) is 51.4 Å². The van der Waals surface area contributed by atoms with Crippen molar-refractivity contribution in [3.05, 3.63) is 58.1 Å². The monoisotopic (exact) mass is 386 g/mol. The summed E-state index contributed by atoms with van der Waals surface area (Å²) in [6.45, 7) is 9.00. The van der Waals surface area contributed by atoms with Gasteiger partial charge in [0.2, 0.25) is 0 Å². The van der Waals surface area contributed by atoms with Crippen LogP contribution in [-0.4, -0.2) is 39.9 Å². The lowest BCUT2D eigenvalue weighted by Gasteiger charge is -2.32. The molecule has 0 saturated carbocycles. The number of carbonyl (C=O) groups is 1. The molecular weight excluding hydrogens is 360 g/mol. The van der Waals surface area contributed by atoms with Gasteiger partial charge in [0.1, 0.15) is 11.5 Å². The molecule has 3 rings (SSSR count). The van der Waals surface area contributed by atoms with E-state index in [1.807, 2.05) is 13.8 Å². The Morgan fingerprint density at radius 2 is 2.07 bits per heavy atom. The van der Waals surface area contributed by atoms with E-state index >= 15 is 0 Å². The first-order valence-electron chi connectivity index (χ1n) is 9.53. The zero-order valence-electron chi connectivity index (χ0n) is 16.2. The molecule has 0 radical (unpaired) electrons. The smallest absolute Gasteiger partial charge is 0.271 e. The molecule has 0 atom stereocenters. The van der Waals surface area contributed by atoms with E-state index in [4.69, 9.17) is 11.6 Å². The van der Waals surface area contributed by atoms with Gasteiger partial charge < -0.3 is 5.32 Å². The highest BCUT2D eigenvalue weighted by Gasteiger charge is 2.23. The SMILES string of the molecule is Cc1cccc(CN2CCC(NC(=O)c3nc(C(C)C)ncc3Cl)CC2)c1. The van der Waals surface area contributed by atoms with Crippen molar-refractivity contribution < 1.29 is 4.79 Å². The molecule has 27 heavy (non-hydrogen) atoms. The summed E-state index contributed by atoms with van der Waals surface area (Å²) in [6, 6.07) is 8.78. The van der Waals surface area contributed by atoms with Crippen molar-refractivity contribution in [3.8, 4) is 0 Å². The van der Waals surface area contributed by atoms with Crippen LogP contribution in [0.15, 0.2) is 30.5 Å². The van der Waals surface area contributed by atoms with Gasteiger partial charge >= 0.3 is 0 Å². The van der Waals surface area contributed by atoms with Crippen molar-refractivity contribution in [1.82, 2.24) is 20.2 Å². The van der Waals surface area contributed by atoms with E-state index < -0.39 is 0 Å². The van der Waals surface area contributed by atoms with Gasteiger partial charge in [-0.25, -0.2) is 9.97 Å². The van der Waals surface area contributed by atoms with Crippen LogP contribution >= 0.6 is 11.6 Å². The fourth-order valence-electron chi connectivity index (χ4n) is 3.38. The standard InChI is InChI=1S/C21H27ClN4O/c1-14(2)20-23-12-18(22)19(25-20)21(27)24-17-7-9-26(10-8-17)13-16-6-4-5-15(3)11-16/h4-6,11-12,14,17H,7-10,13H2,1-3H3,(H,24,27). The summed E-state index contributed by atoms with van der Waals surface area (Å²) in [5.41, 5.74) is 2.90. The number of nitrogens with one attached hydrogen (secondary N) is 1. The third-order valence-electron chi connectivity index (χ3n) is 4.91. The molecule has 6 heteroatoms. The molecule has 0 unspecified atom stereocenters. The number of hydrogen-bond donors (Lipinski definition) is 1. The second kappa shape index (κ2) is 8.81. The molecular formula is C21H27ClN4O. The molecule has 2 aromatic rings. The number of benzene rings is 1. The lowest BCUT2D eigenvalue weighted by molar-refractivity contribution is 0.0903. The first kappa shape index (κ1) is 19.8. The lowest BCUT2D eigenvalue weighted by Crippen LogP contribution is -2.44. The predicted molar refractivity (Wildman–Crippen MR) is 108 cm³/mol. The van der Waals surface area contributed by atoms with Crippen LogP contribution < -0.4 is 5.32 Å². The largest absolute Gasteiger partial charge is 0.348 e. The lowest BCUT2D eigenvalue weighted by atomic mass is 10.0. The number of halogens is 1. The molecule has 0 spiro atoms. The molecule has 1 saturated heterocycles. The maximum absolute atomic E-state index is 12.6. The Labute approximate surface area is 166 Å². The normalized spacial score (nSPS) is 15.9. The number of nitrogens with zero attached hydrogens (tertiary/aromatic N) is 3. The van der Waals surface area contributed by atoms with E-state index in [1.54, 1.807) is 0 Å². The second-order valence-electron chi connectivity index (χ2n) is 7.59.